The topological polar surface area (TPSA) is 31.9 Å². The second kappa shape index (κ2) is 4.15. The Kier molecular flexibility index (Phi) is 2.63. The minimum atomic E-state index is 0.662. The van der Waals surface area contributed by atoms with Gasteiger partial charge >= 0.3 is 0 Å². The molecule has 0 aromatic carbocycles. The molecule has 0 bridgehead atoms. The molecule has 2 heterocycles. The Bertz CT molecular complexity index is 527. The van der Waals surface area contributed by atoms with E-state index in [9.17, 15) is 0 Å². The Balaban J connectivity index is 2.08. The molecule has 3 heteroatoms. The fourth-order valence-electron chi connectivity index (χ4n) is 2.88. The van der Waals surface area contributed by atoms with Crippen molar-refractivity contribution < 1.29 is 0 Å². The molecule has 0 spiro atoms. The summed E-state index contributed by atoms with van der Waals surface area (Å²) in [5.41, 5.74) is 4.16. The van der Waals surface area contributed by atoms with Crippen LogP contribution in [0, 0.1) is 0 Å². The summed E-state index contributed by atoms with van der Waals surface area (Å²) in [6.45, 7) is 0. The zero-order valence-electron chi connectivity index (χ0n) is 10.5. The van der Waals surface area contributed by atoms with Gasteiger partial charge in [0.2, 0.25) is 0 Å². The van der Waals surface area contributed by atoms with E-state index in [-0.39, 0.29) is 0 Å². The number of aryl methyl sites for hydroxylation is 1. The molecule has 1 aliphatic rings. The third-order valence-corrected chi connectivity index (χ3v) is 3.93. The molecule has 17 heavy (non-hydrogen) atoms. The van der Waals surface area contributed by atoms with Crippen LogP contribution >= 0.6 is 0 Å². The van der Waals surface area contributed by atoms with Crippen LogP contribution in [0.3, 0.4) is 0 Å². The van der Waals surface area contributed by atoms with Crippen molar-refractivity contribution in [2.45, 2.75) is 31.7 Å². The van der Waals surface area contributed by atoms with Crippen LogP contribution in [0.2, 0.25) is 0 Å². The third kappa shape index (κ3) is 1.84. The molecule has 1 unspecified atom stereocenters. The van der Waals surface area contributed by atoms with E-state index in [1.165, 1.54) is 41.4 Å². The van der Waals surface area contributed by atoms with Crippen LogP contribution in [0.15, 0.2) is 18.5 Å². The van der Waals surface area contributed by atoms with E-state index < -0.39 is 0 Å². The molecule has 1 N–H and O–H groups in total. The Hall–Kier alpha value is -1.35. The fourth-order valence-corrected chi connectivity index (χ4v) is 2.88. The molecule has 2 aromatic heterocycles. The number of hydrogen-bond acceptors (Lipinski definition) is 2. The molecular weight excluding hydrogens is 210 g/mol. The molecule has 0 saturated carbocycles. The predicted molar refractivity (Wildman–Crippen MR) is 70.2 cm³/mol. The van der Waals surface area contributed by atoms with Gasteiger partial charge in [-0.1, -0.05) is 0 Å². The van der Waals surface area contributed by atoms with E-state index in [1.54, 1.807) is 0 Å². The van der Waals surface area contributed by atoms with E-state index in [4.69, 9.17) is 0 Å². The highest BCUT2D eigenvalue weighted by Gasteiger charge is 2.21. The van der Waals surface area contributed by atoms with Gasteiger partial charge < -0.3 is 9.88 Å². The Labute approximate surface area is 102 Å². The van der Waals surface area contributed by atoms with Gasteiger partial charge in [0.1, 0.15) is 0 Å². The smallest absolute Gasteiger partial charge is 0.0490 e. The summed E-state index contributed by atoms with van der Waals surface area (Å²) in [7, 11) is 4.37. The van der Waals surface area contributed by atoms with Crippen molar-refractivity contribution in [3.8, 4) is 0 Å². The van der Waals surface area contributed by atoms with Crippen molar-refractivity contribution in [3.05, 3.63) is 29.7 Å². The molecule has 1 aliphatic carbocycles. The van der Waals surface area contributed by atoms with Gasteiger partial charge in [0.05, 0.1) is 0 Å². The van der Waals surface area contributed by atoms with Crippen molar-refractivity contribution in [3.63, 3.8) is 0 Å². The maximum atomic E-state index is 4.26. The van der Waals surface area contributed by atoms with Crippen LogP contribution in [0.1, 0.15) is 24.1 Å². The number of H-pyrrole nitrogens is 1. The maximum absolute atomic E-state index is 4.26. The molecule has 2 aromatic rings. The van der Waals surface area contributed by atoms with Crippen LogP contribution in [-0.4, -0.2) is 35.0 Å². The molecule has 3 rings (SSSR count). The number of nitrogens with one attached hydrogen (secondary N) is 1. The lowest BCUT2D eigenvalue weighted by molar-refractivity contribution is 0.277. The summed E-state index contributed by atoms with van der Waals surface area (Å²) in [6.07, 6.45) is 8.75. The highest BCUT2D eigenvalue weighted by Crippen LogP contribution is 2.28. The summed E-state index contributed by atoms with van der Waals surface area (Å²) >= 11 is 0. The molecule has 1 atom stereocenters. The van der Waals surface area contributed by atoms with Crippen LogP contribution in [0.25, 0.3) is 10.9 Å². The van der Waals surface area contributed by atoms with E-state index in [2.05, 4.69) is 35.0 Å². The zero-order chi connectivity index (χ0) is 11.8. The quantitative estimate of drug-likeness (QED) is 0.761. The zero-order valence-corrected chi connectivity index (χ0v) is 10.5. The molecule has 3 nitrogen and oxygen atoms in total. The average Bonchev–Trinajstić information content (AvgIpc) is 2.53. The number of rotatable bonds is 1. The molecule has 90 valence electrons. The van der Waals surface area contributed by atoms with E-state index in [0.29, 0.717) is 6.04 Å². The standard InChI is InChI=1S/C14H19N3/c1-17(2)10-4-3-5-13-11(8-10)12-9-15-7-6-14(12)16-13/h6-7,9-10,16H,3-5,8H2,1-2H3. The number of fused-ring (bicyclic) bond motifs is 3. The Morgan fingerprint density at radius 3 is 3.12 bits per heavy atom. The van der Waals surface area contributed by atoms with Gasteiger partial charge in [0, 0.05) is 35.0 Å². The molecule has 0 aliphatic heterocycles. The number of nitrogens with zero attached hydrogens (tertiary/aromatic N) is 2. The number of aromatic amines is 1. The van der Waals surface area contributed by atoms with Gasteiger partial charge in [0.25, 0.3) is 0 Å². The van der Waals surface area contributed by atoms with Crippen LogP contribution in [-0.2, 0) is 12.8 Å². The van der Waals surface area contributed by atoms with Gasteiger partial charge in [-0.2, -0.15) is 0 Å². The van der Waals surface area contributed by atoms with Gasteiger partial charge in [0.15, 0.2) is 0 Å². The van der Waals surface area contributed by atoms with Crippen molar-refractivity contribution in [2.24, 2.45) is 0 Å². The second-order valence-electron chi connectivity index (χ2n) is 5.22. The third-order valence-electron chi connectivity index (χ3n) is 3.93. The van der Waals surface area contributed by atoms with Crippen LogP contribution in [0.4, 0.5) is 0 Å². The molecule has 0 saturated heterocycles. The molecule has 0 fully saturated rings. The predicted octanol–water partition coefficient (Wildman–Crippen LogP) is 2.37. The van der Waals surface area contributed by atoms with E-state index in [0.717, 1.165) is 6.42 Å². The van der Waals surface area contributed by atoms with Crippen molar-refractivity contribution in [1.29, 1.82) is 0 Å². The highest BCUT2D eigenvalue weighted by atomic mass is 15.1. The number of hydrogen-bond donors (Lipinski definition) is 1. The Morgan fingerprint density at radius 2 is 2.29 bits per heavy atom. The first-order valence-corrected chi connectivity index (χ1v) is 6.35. The summed E-state index contributed by atoms with van der Waals surface area (Å²) < 4.78 is 0. The van der Waals surface area contributed by atoms with Crippen LogP contribution < -0.4 is 0 Å². The van der Waals surface area contributed by atoms with Crippen molar-refractivity contribution in [2.75, 3.05) is 14.1 Å². The minimum Gasteiger partial charge on any atom is -0.358 e. The lowest BCUT2D eigenvalue weighted by Crippen LogP contribution is -2.29. The summed E-state index contributed by atoms with van der Waals surface area (Å²) in [5.74, 6) is 0. The summed E-state index contributed by atoms with van der Waals surface area (Å²) in [4.78, 5) is 10.2. The maximum Gasteiger partial charge on any atom is 0.0490 e. The van der Waals surface area contributed by atoms with E-state index in [1.807, 2.05) is 12.4 Å². The first-order valence-electron chi connectivity index (χ1n) is 6.35. The van der Waals surface area contributed by atoms with Crippen molar-refractivity contribution >= 4 is 10.9 Å². The molecule has 0 radical (unpaired) electrons. The lowest BCUT2D eigenvalue weighted by Gasteiger charge is -2.22. The fraction of sp³-hybridized carbons (Fsp3) is 0.500. The van der Waals surface area contributed by atoms with Gasteiger partial charge in [-0.3, -0.25) is 4.98 Å². The summed E-state index contributed by atoms with van der Waals surface area (Å²) in [5, 5.41) is 1.32. The SMILES string of the molecule is CN(C)C1CCCc2[nH]c3ccncc3c2C1. The Morgan fingerprint density at radius 1 is 1.41 bits per heavy atom. The first-order chi connectivity index (χ1) is 8.25. The first kappa shape index (κ1) is 10.8. The van der Waals surface area contributed by atoms with Gasteiger partial charge in [-0.25, -0.2) is 0 Å². The highest BCUT2D eigenvalue weighted by molar-refractivity contribution is 5.83. The normalized spacial score (nSPS) is 20.5. The number of aromatic nitrogens is 2. The van der Waals surface area contributed by atoms with Crippen LogP contribution in [0.5, 0.6) is 0 Å². The van der Waals surface area contributed by atoms with E-state index >= 15 is 0 Å². The number of pyridine rings is 1. The monoisotopic (exact) mass is 229 g/mol. The average molecular weight is 229 g/mol. The lowest BCUT2D eigenvalue weighted by atomic mass is 10.0. The largest absolute Gasteiger partial charge is 0.358 e. The molecule has 0 amide bonds. The number of likely N-dealkylation sites (N-methyl/N-ethyl adjacent to an activating group) is 1. The van der Waals surface area contributed by atoms with Gasteiger partial charge in [-0.15, -0.1) is 0 Å². The van der Waals surface area contributed by atoms with Crippen molar-refractivity contribution in [1.82, 2.24) is 14.9 Å². The molecular formula is C14H19N3. The van der Waals surface area contributed by atoms with Gasteiger partial charge in [-0.05, 0) is 51.4 Å². The second-order valence-corrected chi connectivity index (χ2v) is 5.22. The summed E-state index contributed by atoms with van der Waals surface area (Å²) in [6, 6.07) is 2.74. The minimum absolute atomic E-state index is 0.662.